The molecule has 1 nitrogen and oxygen atoms in total. The lowest BCUT2D eigenvalue weighted by Gasteiger charge is -2.33. The number of rotatable bonds is 1. The summed E-state index contributed by atoms with van der Waals surface area (Å²) in [5.41, 5.74) is 3.13. The highest BCUT2D eigenvalue weighted by Crippen LogP contribution is 2.37. The van der Waals surface area contributed by atoms with E-state index >= 15 is 0 Å². The van der Waals surface area contributed by atoms with E-state index in [0.717, 1.165) is 24.8 Å². The van der Waals surface area contributed by atoms with E-state index in [-0.39, 0.29) is 0 Å². The van der Waals surface area contributed by atoms with Crippen LogP contribution in [0.2, 0.25) is 0 Å². The number of aliphatic hydroxyl groups is 1. The summed E-state index contributed by atoms with van der Waals surface area (Å²) >= 11 is 1.72. The van der Waals surface area contributed by atoms with Crippen molar-refractivity contribution in [1.82, 2.24) is 0 Å². The monoisotopic (exact) mass is 244 g/mol. The van der Waals surface area contributed by atoms with Gasteiger partial charge in [0.15, 0.2) is 0 Å². The van der Waals surface area contributed by atoms with Crippen molar-refractivity contribution in [3.63, 3.8) is 0 Å². The highest BCUT2D eigenvalue weighted by Gasteiger charge is 2.34. The molecule has 1 aliphatic rings. The molecule has 17 heavy (non-hydrogen) atoms. The normalized spacial score (nSPS) is 23.4. The fraction of sp³-hybridized carbons (Fsp3) is 0.333. The van der Waals surface area contributed by atoms with Crippen LogP contribution >= 0.6 is 11.3 Å². The molecule has 3 rings (SSSR count). The molecule has 0 bridgehead atoms. The maximum Gasteiger partial charge on any atom is 0.0948 e. The fourth-order valence-corrected chi connectivity index (χ4v) is 3.45. The van der Waals surface area contributed by atoms with E-state index in [1.807, 2.05) is 0 Å². The SMILES string of the molecule is Cc1cc(C2(O)CCc3ccccc3C2)cs1. The fourth-order valence-electron chi connectivity index (χ4n) is 2.65. The van der Waals surface area contributed by atoms with Gasteiger partial charge in [0.2, 0.25) is 0 Å². The Hall–Kier alpha value is -1.12. The summed E-state index contributed by atoms with van der Waals surface area (Å²) in [4.78, 5) is 1.27. The Bertz CT molecular complexity index is 543. The van der Waals surface area contributed by atoms with Crippen molar-refractivity contribution in [2.45, 2.75) is 31.8 Å². The first-order chi connectivity index (χ1) is 8.17. The van der Waals surface area contributed by atoms with Crippen molar-refractivity contribution in [2.75, 3.05) is 0 Å². The van der Waals surface area contributed by atoms with Crippen LogP contribution in [0.4, 0.5) is 0 Å². The van der Waals surface area contributed by atoms with Crippen molar-refractivity contribution in [1.29, 1.82) is 0 Å². The lowest BCUT2D eigenvalue weighted by atomic mass is 9.77. The van der Waals surface area contributed by atoms with Crippen LogP contribution < -0.4 is 0 Å². The molecule has 0 fully saturated rings. The van der Waals surface area contributed by atoms with Gasteiger partial charge in [-0.2, -0.15) is 0 Å². The number of benzene rings is 1. The second-order valence-electron chi connectivity index (χ2n) is 4.92. The third kappa shape index (κ3) is 1.92. The summed E-state index contributed by atoms with van der Waals surface area (Å²) < 4.78 is 0. The summed E-state index contributed by atoms with van der Waals surface area (Å²) in [5, 5.41) is 12.9. The lowest BCUT2D eigenvalue weighted by molar-refractivity contribution is 0.0226. The minimum absolute atomic E-state index is 0.654. The average Bonchev–Trinajstić information content (AvgIpc) is 2.76. The van der Waals surface area contributed by atoms with E-state index in [1.165, 1.54) is 16.0 Å². The van der Waals surface area contributed by atoms with Crippen LogP contribution in [0.3, 0.4) is 0 Å². The summed E-state index contributed by atoms with van der Waals surface area (Å²) in [5.74, 6) is 0. The standard InChI is InChI=1S/C15H16OS/c1-11-8-14(10-17-11)15(16)7-6-12-4-2-3-5-13(12)9-15/h2-5,8,10,16H,6-7,9H2,1H3. The number of aryl methyl sites for hydroxylation is 2. The summed E-state index contributed by atoms with van der Waals surface area (Å²) in [6.07, 6.45) is 2.56. The molecule has 1 N–H and O–H groups in total. The van der Waals surface area contributed by atoms with E-state index in [0.29, 0.717) is 0 Å². The highest BCUT2D eigenvalue weighted by molar-refractivity contribution is 7.10. The zero-order valence-electron chi connectivity index (χ0n) is 9.94. The molecule has 1 aromatic carbocycles. The largest absolute Gasteiger partial charge is 0.385 e. The maximum atomic E-state index is 10.8. The Kier molecular flexibility index (Phi) is 2.57. The van der Waals surface area contributed by atoms with Gasteiger partial charge < -0.3 is 5.11 Å². The summed E-state index contributed by atoms with van der Waals surface area (Å²) in [6.45, 7) is 2.09. The Morgan fingerprint density at radius 3 is 2.71 bits per heavy atom. The van der Waals surface area contributed by atoms with E-state index in [9.17, 15) is 5.11 Å². The minimum atomic E-state index is -0.654. The molecule has 1 aromatic heterocycles. The molecule has 0 saturated heterocycles. The molecule has 0 aliphatic heterocycles. The van der Waals surface area contributed by atoms with Gasteiger partial charge >= 0.3 is 0 Å². The Balaban J connectivity index is 1.97. The number of fused-ring (bicyclic) bond motifs is 1. The van der Waals surface area contributed by atoms with Crippen LogP contribution in [-0.4, -0.2) is 5.11 Å². The van der Waals surface area contributed by atoms with Gasteiger partial charge in [-0.1, -0.05) is 24.3 Å². The van der Waals surface area contributed by atoms with Crippen LogP contribution in [0.15, 0.2) is 35.7 Å². The smallest absolute Gasteiger partial charge is 0.0948 e. The van der Waals surface area contributed by atoms with E-state index < -0.39 is 5.60 Å². The molecule has 2 heteroatoms. The molecule has 88 valence electrons. The first-order valence-electron chi connectivity index (χ1n) is 6.02. The van der Waals surface area contributed by atoms with E-state index in [2.05, 4.69) is 42.6 Å². The van der Waals surface area contributed by atoms with Crippen LogP contribution in [0.1, 0.15) is 28.0 Å². The summed E-state index contributed by atoms with van der Waals surface area (Å²) in [7, 11) is 0. The second kappa shape index (κ2) is 3.97. The predicted octanol–water partition coefficient (Wildman–Crippen LogP) is 3.43. The van der Waals surface area contributed by atoms with Gasteiger partial charge in [-0.25, -0.2) is 0 Å². The van der Waals surface area contributed by atoms with Crippen molar-refractivity contribution < 1.29 is 5.11 Å². The molecule has 0 saturated carbocycles. The second-order valence-corrected chi connectivity index (χ2v) is 6.04. The molecule has 1 unspecified atom stereocenters. The van der Waals surface area contributed by atoms with Crippen molar-refractivity contribution in [2.24, 2.45) is 0 Å². The molecule has 1 aliphatic carbocycles. The topological polar surface area (TPSA) is 20.2 Å². The Labute approximate surface area is 106 Å². The van der Waals surface area contributed by atoms with Crippen LogP contribution in [0, 0.1) is 6.92 Å². The van der Waals surface area contributed by atoms with Gasteiger partial charge in [0.1, 0.15) is 0 Å². The third-order valence-corrected chi connectivity index (χ3v) is 4.54. The molecule has 1 heterocycles. The Morgan fingerprint density at radius 1 is 1.24 bits per heavy atom. The first-order valence-corrected chi connectivity index (χ1v) is 6.90. The van der Waals surface area contributed by atoms with Gasteiger partial charge in [-0.05, 0) is 47.9 Å². The van der Waals surface area contributed by atoms with Crippen molar-refractivity contribution in [3.05, 3.63) is 57.3 Å². The van der Waals surface area contributed by atoms with Crippen molar-refractivity contribution >= 4 is 11.3 Å². The zero-order chi connectivity index (χ0) is 11.9. The van der Waals surface area contributed by atoms with Gasteiger partial charge in [-0.3, -0.25) is 0 Å². The number of hydrogen-bond donors (Lipinski definition) is 1. The van der Waals surface area contributed by atoms with Crippen LogP contribution in [-0.2, 0) is 18.4 Å². The number of hydrogen-bond acceptors (Lipinski definition) is 2. The minimum Gasteiger partial charge on any atom is -0.385 e. The molecule has 0 amide bonds. The van der Waals surface area contributed by atoms with E-state index in [1.54, 1.807) is 11.3 Å². The number of thiophene rings is 1. The average molecular weight is 244 g/mol. The van der Waals surface area contributed by atoms with Crippen LogP contribution in [0.25, 0.3) is 0 Å². The highest BCUT2D eigenvalue weighted by atomic mass is 32.1. The molecular formula is C15H16OS. The predicted molar refractivity (Wildman–Crippen MR) is 71.4 cm³/mol. The van der Waals surface area contributed by atoms with Gasteiger partial charge in [-0.15, -0.1) is 11.3 Å². The first kappa shape index (κ1) is 11.0. The molecule has 2 aromatic rings. The molecule has 0 spiro atoms. The molecular weight excluding hydrogens is 228 g/mol. The zero-order valence-corrected chi connectivity index (χ0v) is 10.8. The van der Waals surface area contributed by atoms with Crippen molar-refractivity contribution in [3.8, 4) is 0 Å². The van der Waals surface area contributed by atoms with Gasteiger partial charge in [0.05, 0.1) is 5.60 Å². The third-order valence-electron chi connectivity index (χ3n) is 3.68. The quantitative estimate of drug-likeness (QED) is 0.815. The summed E-state index contributed by atoms with van der Waals surface area (Å²) in [6, 6.07) is 10.6. The Morgan fingerprint density at radius 2 is 2.00 bits per heavy atom. The van der Waals surface area contributed by atoms with E-state index in [4.69, 9.17) is 0 Å². The maximum absolute atomic E-state index is 10.8. The molecule has 0 radical (unpaired) electrons. The lowest BCUT2D eigenvalue weighted by Crippen LogP contribution is -2.32. The van der Waals surface area contributed by atoms with Gasteiger partial charge in [0, 0.05) is 11.3 Å². The van der Waals surface area contributed by atoms with Gasteiger partial charge in [0.25, 0.3) is 0 Å². The van der Waals surface area contributed by atoms with Crippen LogP contribution in [0.5, 0.6) is 0 Å². The molecule has 1 atom stereocenters.